The summed E-state index contributed by atoms with van der Waals surface area (Å²) >= 11 is 0. The van der Waals surface area contributed by atoms with E-state index < -0.39 is 0 Å². The van der Waals surface area contributed by atoms with Crippen LogP contribution in [-0.2, 0) is 6.42 Å². The molecule has 1 atom stereocenters. The van der Waals surface area contributed by atoms with E-state index in [1.165, 1.54) is 0 Å². The summed E-state index contributed by atoms with van der Waals surface area (Å²) in [5, 5.41) is 14.5. The molecule has 106 valence electrons. The highest BCUT2D eigenvalue weighted by atomic mass is 16.6. The van der Waals surface area contributed by atoms with Crippen molar-refractivity contribution in [3.63, 3.8) is 0 Å². The molecule has 5 nitrogen and oxygen atoms in total. The molecular weight excluding hydrogens is 242 g/mol. The standard InChI is InChI=1S/C14H23N3O2/c1-4-6-12(15-9-5-2)10-13-14(17(18)19)8-7-11(3)16-13/h7-8,12,15H,4-6,9-10H2,1-3H3. The molecule has 0 amide bonds. The van der Waals surface area contributed by atoms with Crippen molar-refractivity contribution >= 4 is 5.69 Å². The Balaban J connectivity index is 2.87. The molecule has 5 heteroatoms. The summed E-state index contributed by atoms with van der Waals surface area (Å²) in [4.78, 5) is 15.0. The zero-order valence-electron chi connectivity index (χ0n) is 12.0. The minimum Gasteiger partial charge on any atom is -0.314 e. The van der Waals surface area contributed by atoms with E-state index in [-0.39, 0.29) is 16.7 Å². The zero-order chi connectivity index (χ0) is 14.3. The first-order chi connectivity index (χ1) is 9.08. The fraction of sp³-hybridized carbons (Fsp3) is 0.643. The third-order valence-electron chi connectivity index (χ3n) is 3.05. The highest BCUT2D eigenvalue weighted by molar-refractivity contribution is 5.36. The molecule has 0 saturated carbocycles. The van der Waals surface area contributed by atoms with Gasteiger partial charge in [-0.15, -0.1) is 0 Å². The topological polar surface area (TPSA) is 68.1 Å². The van der Waals surface area contributed by atoms with E-state index in [1.807, 2.05) is 6.92 Å². The number of rotatable bonds is 8. The molecule has 1 unspecified atom stereocenters. The summed E-state index contributed by atoms with van der Waals surface area (Å²) in [7, 11) is 0. The summed E-state index contributed by atoms with van der Waals surface area (Å²) in [5.41, 5.74) is 1.54. The quantitative estimate of drug-likeness (QED) is 0.579. The van der Waals surface area contributed by atoms with E-state index in [2.05, 4.69) is 24.1 Å². The number of hydrogen-bond donors (Lipinski definition) is 1. The fourth-order valence-corrected chi connectivity index (χ4v) is 2.13. The van der Waals surface area contributed by atoms with Gasteiger partial charge in [0.1, 0.15) is 5.69 Å². The average Bonchev–Trinajstić information content (AvgIpc) is 2.36. The van der Waals surface area contributed by atoms with Crippen molar-refractivity contribution in [2.45, 2.75) is 52.5 Å². The summed E-state index contributed by atoms with van der Waals surface area (Å²) in [6, 6.07) is 3.51. The summed E-state index contributed by atoms with van der Waals surface area (Å²) < 4.78 is 0. The van der Waals surface area contributed by atoms with Crippen molar-refractivity contribution in [3.8, 4) is 0 Å². The predicted molar refractivity (Wildman–Crippen MR) is 76.3 cm³/mol. The molecule has 0 saturated heterocycles. The number of pyridine rings is 1. The zero-order valence-corrected chi connectivity index (χ0v) is 12.0. The highest BCUT2D eigenvalue weighted by Crippen LogP contribution is 2.19. The molecular formula is C14H23N3O2. The van der Waals surface area contributed by atoms with Crippen molar-refractivity contribution in [1.82, 2.24) is 10.3 Å². The van der Waals surface area contributed by atoms with Crippen molar-refractivity contribution in [1.29, 1.82) is 0 Å². The molecule has 1 N–H and O–H groups in total. The molecule has 0 spiro atoms. The maximum Gasteiger partial charge on any atom is 0.290 e. The molecule has 0 aliphatic carbocycles. The molecule has 0 aliphatic heterocycles. The van der Waals surface area contributed by atoms with Crippen LogP contribution in [0.4, 0.5) is 5.69 Å². The first kappa shape index (κ1) is 15.6. The van der Waals surface area contributed by atoms with Crippen molar-refractivity contribution in [3.05, 3.63) is 33.6 Å². The Morgan fingerprint density at radius 1 is 1.37 bits per heavy atom. The molecule has 0 aliphatic rings. The van der Waals surface area contributed by atoms with Gasteiger partial charge in [-0.3, -0.25) is 15.1 Å². The second kappa shape index (κ2) is 7.84. The average molecular weight is 265 g/mol. The minimum absolute atomic E-state index is 0.130. The third-order valence-corrected chi connectivity index (χ3v) is 3.05. The number of aromatic nitrogens is 1. The fourth-order valence-electron chi connectivity index (χ4n) is 2.13. The van der Waals surface area contributed by atoms with Gasteiger partial charge in [0.15, 0.2) is 0 Å². The van der Waals surface area contributed by atoms with Gasteiger partial charge in [-0.2, -0.15) is 0 Å². The number of aryl methyl sites for hydroxylation is 1. The SMILES string of the molecule is CCCNC(CCC)Cc1nc(C)ccc1[N+](=O)[O-]. The predicted octanol–water partition coefficient (Wildman–Crippen LogP) is 3.01. The van der Waals surface area contributed by atoms with Crippen LogP contribution in [0.1, 0.15) is 44.5 Å². The van der Waals surface area contributed by atoms with Gasteiger partial charge in [0.2, 0.25) is 0 Å². The molecule has 1 aromatic heterocycles. The van der Waals surface area contributed by atoms with Crippen LogP contribution in [0.2, 0.25) is 0 Å². The highest BCUT2D eigenvalue weighted by Gasteiger charge is 2.18. The number of nitrogens with zero attached hydrogens (tertiary/aromatic N) is 2. The van der Waals surface area contributed by atoms with Crippen molar-refractivity contribution < 1.29 is 4.92 Å². The summed E-state index contributed by atoms with van der Waals surface area (Å²) in [6.07, 6.45) is 3.74. The van der Waals surface area contributed by atoms with Crippen LogP contribution in [0, 0.1) is 17.0 Å². The minimum atomic E-state index is -0.343. The van der Waals surface area contributed by atoms with Crippen LogP contribution in [0.3, 0.4) is 0 Å². The molecule has 0 fully saturated rings. The summed E-state index contributed by atoms with van der Waals surface area (Å²) in [6.45, 7) is 7.04. The third kappa shape index (κ3) is 4.95. The van der Waals surface area contributed by atoms with Gasteiger partial charge in [0.05, 0.1) is 4.92 Å². The van der Waals surface area contributed by atoms with Crippen molar-refractivity contribution in [2.75, 3.05) is 6.54 Å². The molecule has 1 rings (SSSR count). The second-order valence-electron chi connectivity index (χ2n) is 4.82. The van der Waals surface area contributed by atoms with Crippen LogP contribution in [0.15, 0.2) is 12.1 Å². The number of hydrogen-bond acceptors (Lipinski definition) is 4. The van der Waals surface area contributed by atoms with Crippen LogP contribution in [0.25, 0.3) is 0 Å². The van der Waals surface area contributed by atoms with E-state index in [4.69, 9.17) is 0 Å². The summed E-state index contributed by atoms with van der Waals surface area (Å²) in [5.74, 6) is 0. The van der Waals surface area contributed by atoms with Crippen LogP contribution in [0.5, 0.6) is 0 Å². The molecule has 1 aromatic rings. The molecule has 0 bridgehead atoms. The van der Waals surface area contributed by atoms with Crippen molar-refractivity contribution in [2.24, 2.45) is 0 Å². The monoisotopic (exact) mass is 265 g/mol. The maximum absolute atomic E-state index is 11.0. The van der Waals surface area contributed by atoms with Gasteiger partial charge in [0.25, 0.3) is 5.69 Å². The van der Waals surface area contributed by atoms with Gasteiger partial charge in [-0.1, -0.05) is 20.3 Å². The van der Waals surface area contributed by atoms with E-state index in [0.29, 0.717) is 12.1 Å². The Bertz CT molecular complexity index is 421. The van der Waals surface area contributed by atoms with Gasteiger partial charge < -0.3 is 5.32 Å². The lowest BCUT2D eigenvalue weighted by Gasteiger charge is -2.17. The lowest BCUT2D eigenvalue weighted by atomic mass is 10.0. The van der Waals surface area contributed by atoms with E-state index in [9.17, 15) is 10.1 Å². The molecule has 19 heavy (non-hydrogen) atoms. The number of nitrogens with one attached hydrogen (secondary N) is 1. The largest absolute Gasteiger partial charge is 0.314 e. The molecule has 0 aromatic carbocycles. The number of nitro groups is 1. The molecule has 1 heterocycles. The first-order valence-corrected chi connectivity index (χ1v) is 6.92. The maximum atomic E-state index is 11.0. The molecule has 0 radical (unpaired) electrons. The van der Waals surface area contributed by atoms with E-state index in [1.54, 1.807) is 12.1 Å². The van der Waals surface area contributed by atoms with Gasteiger partial charge in [-0.25, -0.2) is 0 Å². The van der Waals surface area contributed by atoms with E-state index >= 15 is 0 Å². The van der Waals surface area contributed by atoms with Crippen LogP contribution in [-0.4, -0.2) is 22.5 Å². The Labute approximate surface area is 114 Å². The van der Waals surface area contributed by atoms with Gasteiger partial charge in [0, 0.05) is 24.2 Å². The lowest BCUT2D eigenvalue weighted by Crippen LogP contribution is -2.32. The Morgan fingerprint density at radius 2 is 2.11 bits per heavy atom. The second-order valence-corrected chi connectivity index (χ2v) is 4.82. The smallest absolute Gasteiger partial charge is 0.290 e. The van der Waals surface area contributed by atoms with Gasteiger partial charge in [-0.05, 0) is 32.4 Å². The Hall–Kier alpha value is -1.49. The van der Waals surface area contributed by atoms with E-state index in [0.717, 1.165) is 31.5 Å². The van der Waals surface area contributed by atoms with Crippen LogP contribution >= 0.6 is 0 Å². The Kier molecular flexibility index (Phi) is 6.42. The normalized spacial score (nSPS) is 12.4. The first-order valence-electron chi connectivity index (χ1n) is 6.92. The Morgan fingerprint density at radius 3 is 2.68 bits per heavy atom. The lowest BCUT2D eigenvalue weighted by molar-refractivity contribution is -0.386. The van der Waals surface area contributed by atoms with Gasteiger partial charge >= 0.3 is 0 Å². The van der Waals surface area contributed by atoms with Crippen LogP contribution < -0.4 is 5.32 Å².